The molecule has 4 aromatic heterocycles. The van der Waals surface area contributed by atoms with Gasteiger partial charge < -0.3 is 64.3 Å². The predicted octanol–water partition coefficient (Wildman–Crippen LogP) is 5.46. The fourth-order valence-electron chi connectivity index (χ4n) is 6.49. The Morgan fingerprint density at radius 3 is 2.03 bits per heavy atom. The highest BCUT2D eigenvalue weighted by Gasteiger charge is 2.29. The van der Waals surface area contributed by atoms with Crippen LogP contribution in [-0.4, -0.2) is 160 Å². The first-order valence-electron chi connectivity index (χ1n) is 22.9. The number of aromatic nitrogens is 6. The number of hydrogen-bond acceptors (Lipinski definition) is 22. The van der Waals surface area contributed by atoms with E-state index in [4.69, 9.17) is 48.7 Å². The molecule has 28 nitrogen and oxygen atoms in total. The van der Waals surface area contributed by atoms with Crippen molar-refractivity contribution in [3.05, 3.63) is 73.1 Å². The molecule has 0 unspecified atom stereocenters. The number of benzene rings is 1. The van der Waals surface area contributed by atoms with Crippen molar-refractivity contribution in [3.8, 4) is 0 Å². The highest BCUT2D eigenvalue weighted by Crippen LogP contribution is 2.48. The molecule has 5 aromatic rings. The number of aliphatic carboxylic acids is 2. The van der Waals surface area contributed by atoms with E-state index in [0.29, 0.717) is 66.9 Å². The summed E-state index contributed by atoms with van der Waals surface area (Å²) in [5.74, 6) is -1.44. The Bertz CT molecular complexity index is 2880. The number of ether oxygens (including phenoxy) is 5. The van der Waals surface area contributed by atoms with Gasteiger partial charge in [0, 0.05) is 67.2 Å². The summed E-state index contributed by atoms with van der Waals surface area (Å²) in [5, 5.41) is 19.8. The number of carbonyl (C=O) groups excluding carboxylic acids is 3. The number of hydrogen-bond donors (Lipinski definition) is 6. The average Bonchev–Trinajstić information content (AvgIpc) is 3.94. The van der Waals surface area contributed by atoms with Gasteiger partial charge >= 0.3 is 31.8 Å². The Hall–Kier alpha value is -7.59. The van der Waals surface area contributed by atoms with Gasteiger partial charge in [-0.25, -0.2) is 47.5 Å². The molecule has 0 bridgehead atoms. The van der Waals surface area contributed by atoms with Crippen LogP contribution in [-0.2, 0) is 63.5 Å². The van der Waals surface area contributed by atoms with E-state index in [0.717, 1.165) is 28.7 Å². The number of fused-ring (bicyclic) bond motifs is 2. The van der Waals surface area contributed by atoms with Crippen LogP contribution in [0.15, 0.2) is 67.4 Å². The number of aromatic amines is 1. The second-order valence-corrected chi connectivity index (χ2v) is 20.7. The standard InChI is InChI=1S/C22H28N6O3S.C19H30N5O10P.C4H4O4/c1-15(2)24-19-5-4-8-23-21(19)27-9-11-28(12-10-27)22(29)20-14-16-13-17(26-32(3,30)31)6-7-18(16)25-20;1-12(2)33-18(25)28-9-31-35(27,32-10-29-19(26)34-13(3)4)11-30-14(5)6-24-8-23-15-16(20)21-7-22-17(15)24;5-3(6)1-2-4(7)8/h4-8,13-15,24-26H,9-12H2,1-3H3;7-8,12-14H,6,9-11H2,1-5H3,(H2,20,21,22);1-2H,(H,5,6)(H,7,8)/b;;2-1+/t;14-;/m.1./s1. The zero-order valence-electron chi connectivity index (χ0n) is 42.4. The summed E-state index contributed by atoms with van der Waals surface area (Å²) >= 11 is 0. The van der Waals surface area contributed by atoms with Gasteiger partial charge in [-0.2, -0.15) is 0 Å². The lowest BCUT2D eigenvalue weighted by atomic mass is 10.2. The molecule has 1 saturated heterocycles. The largest absolute Gasteiger partial charge is 0.510 e. The van der Waals surface area contributed by atoms with Crippen molar-refractivity contribution >= 4 is 92.9 Å². The van der Waals surface area contributed by atoms with Crippen LogP contribution in [0.25, 0.3) is 22.1 Å². The van der Waals surface area contributed by atoms with Crippen LogP contribution in [0.1, 0.15) is 59.0 Å². The lowest BCUT2D eigenvalue weighted by Gasteiger charge is -2.36. The summed E-state index contributed by atoms with van der Waals surface area (Å²) in [6.45, 7) is 13.7. The number of anilines is 4. The van der Waals surface area contributed by atoms with E-state index in [1.807, 2.05) is 17.0 Å². The van der Waals surface area contributed by atoms with Crippen LogP contribution < -0.4 is 20.7 Å². The van der Waals surface area contributed by atoms with E-state index in [-0.39, 0.29) is 18.3 Å². The van der Waals surface area contributed by atoms with Crippen LogP contribution in [0.2, 0.25) is 0 Å². The topological polar surface area (TPSA) is 370 Å². The zero-order valence-corrected chi connectivity index (χ0v) is 44.1. The van der Waals surface area contributed by atoms with Gasteiger partial charge in [0.2, 0.25) is 23.6 Å². The van der Waals surface area contributed by atoms with Crippen LogP contribution in [0, 0.1) is 0 Å². The van der Waals surface area contributed by atoms with Crippen LogP contribution in [0.3, 0.4) is 0 Å². The smallest absolute Gasteiger partial charge is 0.478 e. The number of piperazine rings is 1. The van der Waals surface area contributed by atoms with Gasteiger partial charge in [-0.1, -0.05) is 0 Å². The summed E-state index contributed by atoms with van der Waals surface area (Å²) < 4.78 is 75.1. The SMILES string of the molecule is CC(C)Nc1cccnc1N1CCN(C(=O)c2cc3cc(NS(C)(=O)=O)ccc3[nH]2)CC1.CC(C)OC(=O)OCOP(=O)(CO[C@H](C)Cn1cnc2c(N)ncnc21)OCOC(=O)OC(C)C.O=C(O)/C=C/C(=O)O. The van der Waals surface area contributed by atoms with Crippen LogP contribution in [0.4, 0.5) is 32.6 Å². The molecule has 0 aliphatic carbocycles. The van der Waals surface area contributed by atoms with Crippen molar-refractivity contribution in [3.63, 3.8) is 0 Å². The van der Waals surface area contributed by atoms with Crippen molar-refractivity contribution < 1.29 is 79.9 Å². The van der Waals surface area contributed by atoms with E-state index >= 15 is 0 Å². The van der Waals surface area contributed by atoms with Gasteiger partial charge in [-0.05, 0) is 84.9 Å². The Labute approximate surface area is 431 Å². The maximum Gasteiger partial charge on any atom is 0.510 e. The van der Waals surface area contributed by atoms with Gasteiger partial charge in [0.25, 0.3) is 5.91 Å². The Balaban J connectivity index is 0.000000284. The number of nitrogens with zero attached hydrogens (tertiary/aromatic N) is 7. The molecule has 410 valence electrons. The van der Waals surface area contributed by atoms with Crippen LogP contribution in [0.5, 0.6) is 0 Å². The first kappa shape index (κ1) is 60.0. The summed E-state index contributed by atoms with van der Waals surface area (Å²) in [7, 11) is -7.42. The number of carbonyl (C=O) groups is 5. The van der Waals surface area contributed by atoms with Crippen molar-refractivity contribution in [1.29, 1.82) is 0 Å². The molecule has 1 aliphatic rings. The monoisotopic (exact) mass is 1090 g/mol. The third-order valence-electron chi connectivity index (χ3n) is 9.54. The molecule has 30 heteroatoms. The minimum atomic E-state index is -4.06. The van der Waals surface area contributed by atoms with Gasteiger partial charge in [0.1, 0.15) is 23.9 Å². The minimum Gasteiger partial charge on any atom is -0.478 e. The number of carboxylic acids is 2. The molecular weight excluding hydrogens is 1030 g/mol. The number of sulfonamides is 1. The van der Waals surface area contributed by atoms with Crippen molar-refractivity contribution in [2.24, 2.45) is 0 Å². The molecule has 0 saturated carbocycles. The number of pyridine rings is 1. The van der Waals surface area contributed by atoms with Gasteiger partial charge in [0.15, 0.2) is 17.3 Å². The predicted molar refractivity (Wildman–Crippen MR) is 272 cm³/mol. The number of nitrogens with two attached hydrogens (primary N) is 1. The fraction of sp³-hybridized carbons (Fsp3) is 0.444. The Morgan fingerprint density at radius 2 is 1.47 bits per heavy atom. The molecule has 1 atom stereocenters. The summed E-state index contributed by atoms with van der Waals surface area (Å²) in [4.78, 5) is 79.1. The molecule has 1 fully saturated rings. The number of H-pyrrole nitrogens is 1. The molecule has 7 N–H and O–H groups in total. The molecule has 1 aromatic carbocycles. The second kappa shape index (κ2) is 28.2. The lowest BCUT2D eigenvalue weighted by Crippen LogP contribution is -2.49. The third-order valence-corrected chi connectivity index (χ3v) is 11.6. The van der Waals surface area contributed by atoms with Crippen molar-refractivity contribution in [2.75, 3.05) is 73.0 Å². The number of nitrogens with one attached hydrogen (secondary N) is 3. The van der Waals surface area contributed by atoms with E-state index in [1.165, 1.54) is 12.7 Å². The van der Waals surface area contributed by atoms with Crippen molar-refractivity contribution in [1.82, 2.24) is 34.4 Å². The Kier molecular flexibility index (Phi) is 22.5. The molecule has 75 heavy (non-hydrogen) atoms. The number of amides is 1. The summed E-state index contributed by atoms with van der Waals surface area (Å²) in [6.07, 6.45) is 2.87. The molecule has 1 amide bonds. The second-order valence-electron chi connectivity index (χ2n) is 17.0. The number of rotatable bonds is 21. The van der Waals surface area contributed by atoms with E-state index < -0.39 is 80.1 Å². The summed E-state index contributed by atoms with van der Waals surface area (Å²) in [5.41, 5.74) is 9.46. The third kappa shape index (κ3) is 20.7. The average molecular weight is 1090 g/mol. The van der Waals surface area contributed by atoms with Gasteiger partial charge in [-0.15, -0.1) is 0 Å². The highest BCUT2D eigenvalue weighted by atomic mass is 32.2. The van der Waals surface area contributed by atoms with Gasteiger partial charge in [-0.3, -0.25) is 23.1 Å². The number of carboxylic acid groups (broad SMARTS) is 2. The molecular formula is C45H62N11O17PS. The maximum absolute atomic E-state index is 13.1. The molecule has 5 heterocycles. The fourth-order valence-corrected chi connectivity index (χ4v) is 8.13. The Morgan fingerprint density at radius 1 is 0.853 bits per heavy atom. The lowest BCUT2D eigenvalue weighted by molar-refractivity contribution is -0.134. The number of imidazole rings is 1. The minimum absolute atomic E-state index is 0.0694. The first-order chi connectivity index (χ1) is 35.3. The maximum atomic E-state index is 13.1. The number of nitrogen functional groups attached to an aromatic ring is 1. The quantitative estimate of drug-likeness (QED) is 0.0230. The molecule has 0 radical (unpaired) electrons. The molecule has 0 spiro atoms. The van der Waals surface area contributed by atoms with E-state index in [1.54, 1.807) is 69.6 Å². The van der Waals surface area contributed by atoms with E-state index in [9.17, 15) is 37.0 Å². The normalized spacial score (nSPS) is 13.2. The summed E-state index contributed by atoms with van der Waals surface area (Å²) in [6, 6.07) is 11.2. The highest BCUT2D eigenvalue weighted by molar-refractivity contribution is 7.92. The molecule has 6 rings (SSSR count). The van der Waals surface area contributed by atoms with Crippen LogP contribution >= 0.6 is 7.60 Å². The first-order valence-corrected chi connectivity index (χ1v) is 26.5. The van der Waals surface area contributed by atoms with Gasteiger partial charge in [0.05, 0.1) is 43.1 Å². The molecule has 1 aliphatic heterocycles. The van der Waals surface area contributed by atoms with E-state index in [2.05, 4.69) is 53.7 Å². The van der Waals surface area contributed by atoms with Crippen molar-refractivity contribution in [2.45, 2.75) is 79.4 Å². The zero-order chi connectivity index (χ0) is 55.5.